The second-order valence-corrected chi connectivity index (χ2v) is 3.93. The fourth-order valence-corrected chi connectivity index (χ4v) is 2.08. The highest BCUT2D eigenvalue weighted by atomic mass is 16.5. The molecule has 16 heavy (non-hydrogen) atoms. The first-order valence-corrected chi connectivity index (χ1v) is 5.62. The van der Waals surface area contributed by atoms with Crippen LogP contribution in [0.4, 0.5) is 0 Å². The zero-order valence-corrected chi connectivity index (χ0v) is 9.69. The van der Waals surface area contributed by atoms with Crippen molar-refractivity contribution in [2.45, 2.75) is 19.9 Å². The molecule has 0 aromatic carbocycles. The van der Waals surface area contributed by atoms with Gasteiger partial charge in [0.1, 0.15) is 5.69 Å². The summed E-state index contributed by atoms with van der Waals surface area (Å²) in [5, 5.41) is 7.35. The van der Waals surface area contributed by atoms with E-state index in [9.17, 15) is 4.79 Å². The number of rotatable bonds is 4. The summed E-state index contributed by atoms with van der Waals surface area (Å²) < 4.78 is 6.89. The van der Waals surface area contributed by atoms with E-state index in [2.05, 4.69) is 10.4 Å². The van der Waals surface area contributed by atoms with E-state index in [1.54, 1.807) is 18.0 Å². The van der Waals surface area contributed by atoms with Crippen LogP contribution in [0.15, 0.2) is 6.20 Å². The standard InChI is InChI=1S/C11H17N3O2/c1-3-14-10(9(16-2)7-13-14)11(15)8-4-5-12-6-8/h7-8,12H,3-6H2,1-2H3. The average Bonchev–Trinajstić information content (AvgIpc) is 2.96. The zero-order valence-electron chi connectivity index (χ0n) is 9.69. The lowest BCUT2D eigenvalue weighted by Crippen LogP contribution is -2.21. The van der Waals surface area contributed by atoms with Crippen LogP contribution in [0, 0.1) is 5.92 Å². The molecule has 5 nitrogen and oxygen atoms in total. The van der Waals surface area contributed by atoms with Gasteiger partial charge in [-0.1, -0.05) is 0 Å². The molecule has 1 saturated heterocycles. The van der Waals surface area contributed by atoms with Crippen LogP contribution < -0.4 is 10.1 Å². The number of aryl methyl sites for hydroxylation is 1. The van der Waals surface area contributed by atoms with Crippen LogP contribution in [0.2, 0.25) is 0 Å². The van der Waals surface area contributed by atoms with Crippen molar-refractivity contribution in [3.8, 4) is 5.75 Å². The Morgan fingerprint density at radius 3 is 3.12 bits per heavy atom. The zero-order chi connectivity index (χ0) is 11.5. The van der Waals surface area contributed by atoms with Gasteiger partial charge in [-0.3, -0.25) is 9.48 Å². The van der Waals surface area contributed by atoms with Gasteiger partial charge in [0.25, 0.3) is 0 Å². The van der Waals surface area contributed by atoms with Crippen LogP contribution in [-0.4, -0.2) is 35.8 Å². The Labute approximate surface area is 94.8 Å². The van der Waals surface area contributed by atoms with Gasteiger partial charge in [0, 0.05) is 19.0 Å². The van der Waals surface area contributed by atoms with Crippen molar-refractivity contribution >= 4 is 5.78 Å². The number of Topliss-reactive ketones (excluding diaryl/α,β-unsaturated/α-hetero) is 1. The minimum atomic E-state index is 0.0656. The maximum absolute atomic E-state index is 12.3. The molecule has 1 atom stereocenters. The molecule has 2 rings (SSSR count). The van der Waals surface area contributed by atoms with Crippen molar-refractivity contribution in [1.29, 1.82) is 0 Å². The van der Waals surface area contributed by atoms with Crippen molar-refractivity contribution in [2.24, 2.45) is 5.92 Å². The molecule has 1 aliphatic rings. The van der Waals surface area contributed by atoms with Crippen LogP contribution >= 0.6 is 0 Å². The van der Waals surface area contributed by atoms with Gasteiger partial charge in [0.15, 0.2) is 11.5 Å². The molecule has 1 unspecified atom stereocenters. The van der Waals surface area contributed by atoms with Crippen molar-refractivity contribution < 1.29 is 9.53 Å². The molecule has 0 spiro atoms. The van der Waals surface area contributed by atoms with E-state index in [0.717, 1.165) is 19.5 Å². The third-order valence-electron chi connectivity index (χ3n) is 2.99. The molecule has 0 bridgehead atoms. The highest BCUT2D eigenvalue weighted by molar-refractivity contribution is 5.99. The first-order chi connectivity index (χ1) is 7.77. The summed E-state index contributed by atoms with van der Waals surface area (Å²) in [5.41, 5.74) is 0.610. The Balaban J connectivity index is 2.29. The molecular weight excluding hydrogens is 206 g/mol. The minimum Gasteiger partial charge on any atom is -0.493 e. The number of nitrogens with one attached hydrogen (secondary N) is 1. The van der Waals surface area contributed by atoms with E-state index >= 15 is 0 Å². The molecule has 0 aliphatic carbocycles. The quantitative estimate of drug-likeness (QED) is 0.764. The van der Waals surface area contributed by atoms with Crippen molar-refractivity contribution in [2.75, 3.05) is 20.2 Å². The van der Waals surface area contributed by atoms with Gasteiger partial charge in [-0.25, -0.2) is 0 Å². The van der Waals surface area contributed by atoms with Crippen molar-refractivity contribution in [3.05, 3.63) is 11.9 Å². The number of hydrogen-bond donors (Lipinski definition) is 1. The summed E-state index contributed by atoms with van der Waals surface area (Å²) >= 11 is 0. The highest BCUT2D eigenvalue weighted by Gasteiger charge is 2.28. The lowest BCUT2D eigenvalue weighted by molar-refractivity contribution is 0.0916. The number of ketones is 1. The molecule has 0 amide bonds. The van der Waals surface area contributed by atoms with Gasteiger partial charge in [-0.05, 0) is 19.9 Å². The second kappa shape index (κ2) is 4.65. The topological polar surface area (TPSA) is 56.2 Å². The molecule has 1 aromatic heterocycles. The summed E-state index contributed by atoms with van der Waals surface area (Å²) in [4.78, 5) is 12.3. The monoisotopic (exact) mass is 223 g/mol. The first kappa shape index (κ1) is 11.1. The maximum atomic E-state index is 12.3. The Bertz CT molecular complexity index is 359. The molecule has 1 aliphatic heterocycles. The van der Waals surface area contributed by atoms with Crippen LogP contribution in [-0.2, 0) is 6.54 Å². The fourth-order valence-electron chi connectivity index (χ4n) is 2.08. The summed E-state index contributed by atoms with van der Waals surface area (Å²) in [6.45, 7) is 4.33. The van der Waals surface area contributed by atoms with Gasteiger partial charge in [-0.15, -0.1) is 0 Å². The normalized spacial score (nSPS) is 20.0. The largest absolute Gasteiger partial charge is 0.493 e. The van der Waals surface area contributed by atoms with Crippen LogP contribution in [0.1, 0.15) is 23.8 Å². The summed E-state index contributed by atoms with van der Waals surface area (Å²) in [5.74, 6) is 0.788. The predicted molar refractivity (Wildman–Crippen MR) is 59.8 cm³/mol. The molecule has 1 fully saturated rings. The van der Waals surface area contributed by atoms with Crippen LogP contribution in [0.3, 0.4) is 0 Å². The van der Waals surface area contributed by atoms with Gasteiger partial charge >= 0.3 is 0 Å². The average molecular weight is 223 g/mol. The molecular formula is C11H17N3O2. The maximum Gasteiger partial charge on any atom is 0.189 e. The first-order valence-electron chi connectivity index (χ1n) is 5.62. The minimum absolute atomic E-state index is 0.0656. The number of ether oxygens (including phenoxy) is 1. The number of hydrogen-bond acceptors (Lipinski definition) is 4. The molecule has 5 heteroatoms. The van der Waals surface area contributed by atoms with E-state index in [1.807, 2.05) is 6.92 Å². The summed E-state index contributed by atoms with van der Waals surface area (Å²) in [6.07, 6.45) is 2.51. The van der Waals surface area contributed by atoms with E-state index in [0.29, 0.717) is 18.0 Å². The van der Waals surface area contributed by atoms with Crippen LogP contribution in [0.5, 0.6) is 5.75 Å². The second-order valence-electron chi connectivity index (χ2n) is 3.93. The van der Waals surface area contributed by atoms with E-state index in [1.165, 1.54) is 0 Å². The summed E-state index contributed by atoms with van der Waals surface area (Å²) in [7, 11) is 1.57. The van der Waals surface area contributed by atoms with Crippen molar-refractivity contribution in [3.63, 3.8) is 0 Å². The highest BCUT2D eigenvalue weighted by Crippen LogP contribution is 2.23. The molecule has 1 aromatic rings. The summed E-state index contributed by atoms with van der Waals surface area (Å²) in [6, 6.07) is 0. The number of methoxy groups -OCH3 is 1. The third-order valence-corrected chi connectivity index (χ3v) is 2.99. The molecule has 2 heterocycles. The van der Waals surface area contributed by atoms with Gasteiger partial charge in [0.05, 0.1) is 13.3 Å². The van der Waals surface area contributed by atoms with Gasteiger partial charge < -0.3 is 10.1 Å². The van der Waals surface area contributed by atoms with E-state index < -0.39 is 0 Å². The third kappa shape index (κ3) is 1.82. The van der Waals surface area contributed by atoms with Gasteiger partial charge in [0.2, 0.25) is 0 Å². The molecule has 0 radical (unpaired) electrons. The van der Waals surface area contributed by atoms with E-state index in [-0.39, 0.29) is 11.7 Å². The molecule has 1 N–H and O–H groups in total. The van der Waals surface area contributed by atoms with E-state index in [4.69, 9.17) is 4.74 Å². The predicted octanol–water partition coefficient (Wildman–Crippen LogP) is 0.704. The fraction of sp³-hybridized carbons (Fsp3) is 0.636. The number of carbonyl (C=O) groups excluding carboxylic acids is 1. The molecule has 0 saturated carbocycles. The Morgan fingerprint density at radius 1 is 1.75 bits per heavy atom. The van der Waals surface area contributed by atoms with Gasteiger partial charge in [-0.2, -0.15) is 5.10 Å². The lowest BCUT2D eigenvalue weighted by Gasteiger charge is -2.10. The SMILES string of the molecule is CCn1ncc(OC)c1C(=O)C1CCNC1. The molecule has 88 valence electrons. The smallest absolute Gasteiger partial charge is 0.189 e. The lowest BCUT2D eigenvalue weighted by atomic mass is 10.0. The van der Waals surface area contributed by atoms with Crippen molar-refractivity contribution in [1.82, 2.24) is 15.1 Å². The Morgan fingerprint density at radius 2 is 2.56 bits per heavy atom. The number of aromatic nitrogens is 2. The number of carbonyl (C=O) groups is 1. The number of nitrogens with zero attached hydrogens (tertiary/aromatic N) is 2. The van der Waals surface area contributed by atoms with Crippen LogP contribution in [0.25, 0.3) is 0 Å². The Hall–Kier alpha value is -1.36. The Kier molecular flexibility index (Phi) is 3.24.